The van der Waals surface area contributed by atoms with Crippen LogP contribution in [-0.4, -0.2) is 49.6 Å². The molecule has 0 spiro atoms. The van der Waals surface area contributed by atoms with Gasteiger partial charge in [0, 0.05) is 31.7 Å². The van der Waals surface area contributed by atoms with Crippen LogP contribution >= 0.6 is 0 Å². The summed E-state index contributed by atoms with van der Waals surface area (Å²) < 4.78 is 5.44. The summed E-state index contributed by atoms with van der Waals surface area (Å²) >= 11 is 0. The fraction of sp³-hybridized carbons (Fsp3) is 0.500. The molecule has 8 heteroatoms. The predicted octanol–water partition coefficient (Wildman–Crippen LogP) is 2.82. The van der Waals surface area contributed by atoms with Gasteiger partial charge in [-0.05, 0) is 50.8 Å². The highest BCUT2D eigenvalue weighted by molar-refractivity contribution is 5.97. The molecule has 0 unspecified atom stereocenters. The second-order valence-electron chi connectivity index (χ2n) is 7.32. The van der Waals surface area contributed by atoms with Crippen LogP contribution in [0.2, 0.25) is 0 Å². The number of fused-ring (bicyclic) bond motifs is 1. The molecule has 1 saturated carbocycles. The highest BCUT2D eigenvalue weighted by Crippen LogP contribution is 2.25. The molecular weight excluding hydrogens is 356 g/mol. The van der Waals surface area contributed by atoms with Gasteiger partial charge in [0.2, 0.25) is 11.8 Å². The molecule has 8 nitrogen and oxygen atoms in total. The summed E-state index contributed by atoms with van der Waals surface area (Å²) in [6.45, 7) is 5.07. The van der Waals surface area contributed by atoms with Crippen LogP contribution in [0.1, 0.15) is 54.9 Å². The van der Waals surface area contributed by atoms with Gasteiger partial charge >= 0.3 is 0 Å². The first-order valence-electron chi connectivity index (χ1n) is 9.91. The Kier molecular flexibility index (Phi) is 5.38. The average molecular weight is 382 g/mol. The van der Waals surface area contributed by atoms with E-state index >= 15 is 0 Å². The molecule has 0 aliphatic heterocycles. The van der Waals surface area contributed by atoms with Crippen LogP contribution < -0.4 is 5.32 Å². The molecular formula is C20H26N6O2. The van der Waals surface area contributed by atoms with Gasteiger partial charge < -0.3 is 19.6 Å². The average Bonchev–Trinajstić information content (AvgIpc) is 3.33. The van der Waals surface area contributed by atoms with E-state index < -0.39 is 0 Å². The van der Waals surface area contributed by atoms with Gasteiger partial charge in [-0.25, -0.2) is 0 Å². The smallest absolute Gasteiger partial charge is 0.270 e. The molecule has 28 heavy (non-hydrogen) atoms. The summed E-state index contributed by atoms with van der Waals surface area (Å²) in [6.07, 6.45) is 5.86. The predicted molar refractivity (Wildman–Crippen MR) is 105 cm³/mol. The normalized spacial score (nSPS) is 19.8. The Morgan fingerprint density at radius 3 is 3.04 bits per heavy atom. The van der Waals surface area contributed by atoms with Crippen molar-refractivity contribution in [3.63, 3.8) is 0 Å². The molecule has 4 rings (SSSR count). The topological polar surface area (TPSA) is 99.9 Å². The first-order chi connectivity index (χ1) is 13.6. The van der Waals surface area contributed by atoms with Gasteiger partial charge in [-0.2, -0.15) is 0 Å². The summed E-state index contributed by atoms with van der Waals surface area (Å²) in [5.41, 5.74) is 2.31. The van der Waals surface area contributed by atoms with Crippen molar-refractivity contribution < 1.29 is 9.21 Å². The van der Waals surface area contributed by atoms with Crippen LogP contribution in [0.25, 0.3) is 11.0 Å². The quantitative estimate of drug-likeness (QED) is 0.680. The standard InChI is InChI=1S/C20H26N6O2/c1-3-26(20(27)18-11-17-16(23-18)8-5-9-21-17)15-7-4-6-14(10-15)22-12-19-25-24-13(2)28-19/h5,8-9,11,14-15,22-23H,3-4,6-7,10,12H2,1-2H3/t14-,15+/m1/s1. The minimum atomic E-state index is 0.0404. The van der Waals surface area contributed by atoms with E-state index in [1.807, 2.05) is 30.0 Å². The van der Waals surface area contributed by atoms with E-state index in [2.05, 4.69) is 25.5 Å². The maximum absolute atomic E-state index is 13.1. The summed E-state index contributed by atoms with van der Waals surface area (Å²) in [7, 11) is 0. The number of carbonyl (C=O) groups is 1. The Morgan fingerprint density at radius 1 is 1.39 bits per heavy atom. The number of nitrogens with zero attached hydrogens (tertiary/aromatic N) is 4. The lowest BCUT2D eigenvalue weighted by Gasteiger charge is -2.37. The van der Waals surface area contributed by atoms with Crippen LogP contribution in [0.15, 0.2) is 28.8 Å². The SMILES string of the molecule is CCN(C(=O)c1cc2ncccc2[nH]1)[C@H]1CCC[C@@H](NCc2nnc(C)o2)C1. The van der Waals surface area contributed by atoms with Crippen LogP contribution in [0.5, 0.6) is 0 Å². The summed E-state index contributed by atoms with van der Waals surface area (Å²) in [6, 6.07) is 6.20. The minimum Gasteiger partial charge on any atom is -0.424 e. The molecule has 148 valence electrons. The third-order valence-electron chi connectivity index (χ3n) is 5.42. The summed E-state index contributed by atoms with van der Waals surface area (Å²) in [5, 5.41) is 11.4. The lowest BCUT2D eigenvalue weighted by Crippen LogP contribution is -2.46. The highest BCUT2D eigenvalue weighted by Gasteiger charge is 2.30. The van der Waals surface area contributed by atoms with E-state index in [0.717, 1.165) is 36.7 Å². The maximum Gasteiger partial charge on any atom is 0.270 e. The molecule has 0 saturated heterocycles. The second-order valence-corrected chi connectivity index (χ2v) is 7.32. The molecule has 0 bridgehead atoms. The van der Waals surface area contributed by atoms with E-state index in [9.17, 15) is 4.79 Å². The molecule has 1 fully saturated rings. The zero-order valence-corrected chi connectivity index (χ0v) is 16.3. The molecule has 3 heterocycles. The van der Waals surface area contributed by atoms with Gasteiger partial charge in [0.15, 0.2) is 0 Å². The highest BCUT2D eigenvalue weighted by atomic mass is 16.4. The van der Waals surface area contributed by atoms with Gasteiger partial charge in [-0.15, -0.1) is 10.2 Å². The lowest BCUT2D eigenvalue weighted by atomic mass is 9.89. The molecule has 2 N–H and O–H groups in total. The van der Waals surface area contributed by atoms with Crippen molar-refractivity contribution in [1.82, 2.24) is 30.4 Å². The molecule has 1 aliphatic rings. The van der Waals surface area contributed by atoms with Crippen molar-refractivity contribution in [2.45, 2.75) is 58.2 Å². The van der Waals surface area contributed by atoms with Crippen LogP contribution in [-0.2, 0) is 6.54 Å². The number of pyridine rings is 1. The fourth-order valence-electron chi connectivity index (χ4n) is 4.07. The van der Waals surface area contributed by atoms with E-state index in [1.165, 1.54) is 0 Å². The Labute approximate surface area is 163 Å². The van der Waals surface area contributed by atoms with E-state index in [4.69, 9.17) is 4.42 Å². The zero-order chi connectivity index (χ0) is 19.5. The fourth-order valence-corrected chi connectivity index (χ4v) is 4.07. The molecule has 3 aromatic rings. The van der Waals surface area contributed by atoms with Gasteiger partial charge in [-0.1, -0.05) is 0 Å². The van der Waals surface area contributed by atoms with Crippen molar-refractivity contribution in [3.8, 4) is 0 Å². The first-order valence-corrected chi connectivity index (χ1v) is 9.91. The number of amides is 1. The first kappa shape index (κ1) is 18.6. The van der Waals surface area contributed by atoms with Gasteiger partial charge in [-0.3, -0.25) is 9.78 Å². The second kappa shape index (κ2) is 8.10. The Hall–Kier alpha value is -2.74. The number of hydrogen-bond donors (Lipinski definition) is 2. The molecule has 0 aromatic carbocycles. The lowest BCUT2D eigenvalue weighted by molar-refractivity contribution is 0.0622. The number of aromatic nitrogens is 4. The van der Waals surface area contributed by atoms with Gasteiger partial charge in [0.1, 0.15) is 5.69 Å². The maximum atomic E-state index is 13.1. The number of nitrogens with one attached hydrogen (secondary N) is 2. The number of rotatable bonds is 6. The van der Waals surface area contributed by atoms with Crippen molar-refractivity contribution in [2.24, 2.45) is 0 Å². The number of aromatic amines is 1. The monoisotopic (exact) mass is 382 g/mol. The van der Waals surface area contributed by atoms with Gasteiger partial charge in [0.05, 0.1) is 17.6 Å². The number of hydrogen-bond acceptors (Lipinski definition) is 6. The minimum absolute atomic E-state index is 0.0404. The molecule has 0 radical (unpaired) electrons. The third-order valence-corrected chi connectivity index (χ3v) is 5.42. The van der Waals surface area contributed by atoms with E-state index in [-0.39, 0.29) is 11.9 Å². The summed E-state index contributed by atoms with van der Waals surface area (Å²) in [4.78, 5) is 22.7. The number of aryl methyl sites for hydroxylation is 1. The molecule has 3 aromatic heterocycles. The number of carbonyl (C=O) groups excluding carboxylic acids is 1. The Balaban J connectivity index is 1.42. The third kappa shape index (κ3) is 3.91. The van der Waals surface area contributed by atoms with Crippen molar-refractivity contribution in [3.05, 3.63) is 41.9 Å². The number of H-pyrrole nitrogens is 1. The Bertz CT molecular complexity index is 916. The Morgan fingerprint density at radius 2 is 2.29 bits per heavy atom. The molecule has 1 amide bonds. The van der Waals surface area contributed by atoms with Crippen molar-refractivity contribution >= 4 is 16.9 Å². The molecule has 1 aliphatic carbocycles. The van der Waals surface area contributed by atoms with E-state index in [0.29, 0.717) is 36.6 Å². The van der Waals surface area contributed by atoms with Gasteiger partial charge in [0.25, 0.3) is 5.91 Å². The van der Waals surface area contributed by atoms with Crippen LogP contribution in [0.3, 0.4) is 0 Å². The zero-order valence-electron chi connectivity index (χ0n) is 16.3. The largest absolute Gasteiger partial charge is 0.424 e. The van der Waals surface area contributed by atoms with Crippen molar-refractivity contribution in [1.29, 1.82) is 0 Å². The molecule has 2 atom stereocenters. The van der Waals surface area contributed by atoms with Crippen LogP contribution in [0, 0.1) is 6.92 Å². The van der Waals surface area contributed by atoms with Crippen molar-refractivity contribution in [2.75, 3.05) is 6.54 Å². The summed E-state index contributed by atoms with van der Waals surface area (Å²) in [5.74, 6) is 1.22. The van der Waals surface area contributed by atoms with Crippen LogP contribution in [0.4, 0.5) is 0 Å². The van der Waals surface area contributed by atoms with E-state index in [1.54, 1.807) is 13.1 Å².